The van der Waals surface area contributed by atoms with Crippen molar-refractivity contribution in [2.45, 2.75) is 70.4 Å². The summed E-state index contributed by atoms with van der Waals surface area (Å²) in [6.07, 6.45) is 5.91. The van der Waals surface area contributed by atoms with Crippen molar-refractivity contribution < 1.29 is 14.6 Å². The van der Waals surface area contributed by atoms with Crippen LogP contribution in [-0.4, -0.2) is 35.4 Å². The van der Waals surface area contributed by atoms with E-state index >= 15 is 0 Å². The number of aliphatic hydroxyl groups excluding tert-OH is 1. The van der Waals surface area contributed by atoms with Crippen LogP contribution in [0.4, 0.5) is 0 Å². The molecule has 2 N–H and O–H groups in total. The van der Waals surface area contributed by atoms with Gasteiger partial charge in [-0.1, -0.05) is 19.3 Å². The second-order valence-corrected chi connectivity index (χ2v) is 6.26. The van der Waals surface area contributed by atoms with E-state index in [-0.39, 0.29) is 18.1 Å². The van der Waals surface area contributed by atoms with Crippen LogP contribution in [0.2, 0.25) is 0 Å². The van der Waals surface area contributed by atoms with Gasteiger partial charge in [0, 0.05) is 12.1 Å². The van der Waals surface area contributed by atoms with Gasteiger partial charge in [0.25, 0.3) is 0 Å². The van der Waals surface area contributed by atoms with Crippen LogP contribution in [0, 0.1) is 0 Å². The SMILES string of the molecule is CC(C)(C)OC(=O)CCNC1(CO)CCCCC1. The van der Waals surface area contributed by atoms with Gasteiger partial charge in [-0.2, -0.15) is 0 Å². The monoisotopic (exact) mass is 257 g/mol. The Morgan fingerprint density at radius 2 is 1.89 bits per heavy atom. The summed E-state index contributed by atoms with van der Waals surface area (Å²) < 4.78 is 5.25. The topological polar surface area (TPSA) is 58.6 Å². The minimum atomic E-state index is -0.420. The van der Waals surface area contributed by atoms with Crippen LogP contribution in [0.25, 0.3) is 0 Å². The van der Waals surface area contributed by atoms with Gasteiger partial charge in [-0.3, -0.25) is 4.79 Å². The van der Waals surface area contributed by atoms with E-state index in [1.807, 2.05) is 20.8 Å². The third-order valence-corrected chi connectivity index (χ3v) is 3.36. The van der Waals surface area contributed by atoms with Gasteiger partial charge in [-0.05, 0) is 33.6 Å². The maximum atomic E-state index is 11.6. The molecule has 4 nitrogen and oxygen atoms in total. The molecule has 0 unspecified atom stereocenters. The van der Waals surface area contributed by atoms with Gasteiger partial charge in [-0.15, -0.1) is 0 Å². The number of hydrogen-bond acceptors (Lipinski definition) is 4. The minimum Gasteiger partial charge on any atom is -0.460 e. The molecule has 106 valence electrons. The smallest absolute Gasteiger partial charge is 0.307 e. The van der Waals surface area contributed by atoms with Crippen LogP contribution in [0.1, 0.15) is 59.3 Å². The lowest BCUT2D eigenvalue weighted by Crippen LogP contribution is -2.50. The quantitative estimate of drug-likeness (QED) is 0.740. The molecule has 0 aliphatic heterocycles. The molecule has 0 aromatic rings. The fraction of sp³-hybridized carbons (Fsp3) is 0.929. The number of carbonyl (C=O) groups excluding carboxylic acids is 1. The molecule has 0 aromatic heterocycles. The zero-order chi connectivity index (χ0) is 13.6. The van der Waals surface area contributed by atoms with Crippen molar-refractivity contribution in [1.29, 1.82) is 0 Å². The molecule has 4 heteroatoms. The molecule has 0 spiro atoms. The average Bonchev–Trinajstić information content (AvgIpc) is 2.28. The number of aliphatic hydroxyl groups is 1. The lowest BCUT2D eigenvalue weighted by atomic mass is 9.82. The molecule has 0 amide bonds. The Hall–Kier alpha value is -0.610. The second-order valence-electron chi connectivity index (χ2n) is 6.26. The summed E-state index contributed by atoms with van der Waals surface area (Å²) >= 11 is 0. The molecule has 0 bridgehead atoms. The number of nitrogens with one attached hydrogen (secondary N) is 1. The summed E-state index contributed by atoms with van der Waals surface area (Å²) in [5.74, 6) is -0.182. The molecule has 0 radical (unpaired) electrons. The maximum absolute atomic E-state index is 11.6. The molecule has 0 heterocycles. The molecule has 0 saturated heterocycles. The first-order valence-electron chi connectivity index (χ1n) is 6.95. The lowest BCUT2D eigenvalue weighted by Gasteiger charge is -2.36. The summed E-state index contributed by atoms with van der Waals surface area (Å²) in [5.41, 5.74) is -0.586. The first-order chi connectivity index (χ1) is 8.37. The second kappa shape index (κ2) is 6.53. The molecule has 1 fully saturated rings. The predicted octanol–water partition coefficient (Wildman–Crippen LogP) is 2.00. The Labute approximate surface area is 110 Å². The molecule has 1 rings (SSSR count). The first kappa shape index (κ1) is 15.4. The standard InChI is InChI=1S/C14H27NO3/c1-13(2,3)18-12(17)7-10-15-14(11-16)8-5-4-6-9-14/h15-16H,4-11H2,1-3H3. The molecule has 1 aliphatic rings. The Balaban J connectivity index is 2.29. The van der Waals surface area contributed by atoms with Crippen molar-refractivity contribution in [2.75, 3.05) is 13.2 Å². The molecule has 0 atom stereocenters. The normalized spacial score (nSPS) is 19.6. The van der Waals surface area contributed by atoms with Gasteiger partial charge in [-0.25, -0.2) is 0 Å². The van der Waals surface area contributed by atoms with Crippen LogP contribution in [0.3, 0.4) is 0 Å². The average molecular weight is 257 g/mol. The summed E-state index contributed by atoms with van der Waals surface area (Å²) in [5, 5.41) is 12.9. The molecular formula is C14H27NO3. The van der Waals surface area contributed by atoms with Gasteiger partial charge < -0.3 is 15.2 Å². The van der Waals surface area contributed by atoms with E-state index in [1.54, 1.807) is 0 Å². The Kier molecular flexibility index (Phi) is 5.60. The summed E-state index contributed by atoms with van der Waals surface area (Å²) in [7, 11) is 0. The van der Waals surface area contributed by atoms with Gasteiger partial charge in [0.1, 0.15) is 5.60 Å². The van der Waals surface area contributed by atoms with Gasteiger partial charge in [0.05, 0.1) is 13.0 Å². The van der Waals surface area contributed by atoms with Crippen molar-refractivity contribution >= 4 is 5.97 Å². The maximum Gasteiger partial charge on any atom is 0.307 e. The van der Waals surface area contributed by atoms with Gasteiger partial charge >= 0.3 is 5.97 Å². The first-order valence-corrected chi connectivity index (χ1v) is 6.95. The zero-order valence-electron chi connectivity index (χ0n) is 11.9. The van der Waals surface area contributed by atoms with Crippen molar-refractivity contribution in [2.24, 2.45) is 0 Å². The van der Waals surface area contributed by atoms with Crippen LogP contribution < -0.4 is 5.32 Å². The number of hydrogen-bond donors (Lipinski definition) is 2. The fourth-order valence-electron chi connectivity index (χ4n) is 2.44. The number of ether oxygens (including phenoxy) is 1. The van der Waals surface area contributed by atoms with Gasteiger partial charge in [0.2, 0.25) is 0 Å². The lowest BCUT2D eigenvalue weighted by molar-refractivity contribution is -0.154. The third-order valence-electron chi connectivity index (χ3n) is 3.36. The number of esters is 1. The van der Waals surface area contributed by atoms with Crippen molar-refractivity contribution in [1.82, 2.24) is 5.32 Å². The number of carbonyl (C=O) groups is 1. The summed E-state index contributed by atoms with van der Waals surface area (Å²) in [6, 6.07) is 0. The summed E-state index contributed by atoms with van der Waals surface area (Å²) in [4.78, 5) is 11.6. The molecular weight excluding hydrogens is 230 g/mol. The van der Waals surface area contributed by atoms with Crippen LogP contribution >= 0.6 is 0 Å². The van der Waals surface area contributed by atoms with E-state index in [2.05, 4.69) is 5.32 Å². The molecule has 1 saturated carbocycles. The van der Waals surface area contributed by atoms with E-state index in [1.165, 1.54) is 6.42 Å². The van der Waals surface area contributed by atoms with Crippen LogP contribution in [0.15, 0.2) is 0 Å². The summed E-state index contributed by atoms with van der Waals surface area (Å²) in [6.45, 7) is 6.34. The third kappa shape index (κ3) is 5.36. The highest BCUT2D eigenvalue weighted by Crippen LogP contribution is 2.27. The highest BCUT2D eigenvalue weighted by atomic mass is 16.6. The van der Waals surface area contributed by atoms with E-state index in [4.69, 9.17) is 4.74 Å². The van der Waals surface area contributed by atoms with Crippen molar-refractivity contribution in [3.8, 4) is 0 Å². The van der Waals surface area contributed by atoms with Crippen LogP contribution in [-0.2, 0) is 9.53 Å². The van der Waals surface area contributed by atoms with Crippen molar-refractivity contribution in [3.63, 3.8) is 0 Å². The zero-order valence-corrected chi connectivity index (χ0v) is 11.9. The highest BCUT2D eigenvalue weighted by Gasteiger charge is 2.30. The van der Waals surface area contributed by atoms with E-state index < -0.39 is 5.60 Å². The van der Waals surface area contributed by atoms with Gasteiger partial charge in [0.15, 0.2) is 0 Å². The predicted molar refractivity (Wildman–Crippen MR) is 71.4 cm³/mol. The van der Waals surface area contributed by atoms with Crippen LogP contribution in [0.5, 0.6) is 0 Å². The Morgan fingerprint density at radius 1 is 1.28 bits per heavy atom. The van der Waals surface area contributed by atoms with Crippen molar-refractivity contribution in [3.05, 3.63) is 0 Å². The van der Waals surface area contributed by atoms with E-state index in [9.17, 15) is 9.90 Å². The minimum absolute atomic E-state index is 0.154. The Bertz CT molecular complexity index is 265. The fourth-order valence-corrected chi connectivity index (χ4v) is 2.44. The highest BCUT2D eigenvalue weighted by molar-refractivity contribution is 5.70. The van der Waals surface area contributed by atoms with E-state index in [0.717, 1.165) is 25.7 Å². The molecule has 18 heavy (non-hydrogen) atoms. The largest absolute Gasteiger partial charge is 0.460 e. The van der Waals surface area contributed by atoms with E-state index in [0.29, 0.717) is 13.0 Å². The Morgan fingerprint density at radius 3 is 2.39 bits per heavy atom. The number of rotatable bonds is 5. The molecule has 0 aromatic carbocycles. The molecule has 1 aliphatic carbocycles.